The third-order valence-corrected chi connectivity index (χ3v) is 3.46. The minimum absolute atomic E-state index is 0.562. The number of benzene rings is 1. The first-order valence-electron chi connectivity index (χ1n) is 7.39. The summed E-state index contributed by atoms with van der Waals surface area (Å²) in [5.41, 5.74) is 4.34. The van der Waals surface area contributed by atoms with Crippen LogP contribution in [0.2, 0.25) is 0 Å². The van der Waals surface area contributed by atoms with Gasteiger partial charge in [-0.15, -0.1) is 0 Å². The lowest BCUT2D eigenvalue weighted by molar-refractivity contribution is 0.294. The van der Waals surface area contributed by atoms with Gasteiger partial charge in [-0.3, -0.25) is 5.10 Å². The number of aryl methyl sites for hydroxylation is 1. The molecular formula is C15H22N4O2S. The standard InChI is InChI=1S/C15H22N4O2S/c1-4-8-21-12-7-6-11(9-13(12)20-3)10-16-19-14(5-2)17-18-15(19)22/h6-7,9,16H,4-5,8,10H2,1-3H3,(H,18,22). The molecule has 2 N–H and O–H groups in total. The molecule has 7 heteroatoms. The molecule has 0 aliphatic rings. The van der Waals surface area contributed by atoms with Crippen molar-refractivity contribution in [2.45, 2.75) is 33.2 Å². The maximum atomic E-state index is 5.66. The number of rotatable bonds is 8. The molecule has 6 nitrogen and oxygen atoms in total. The van der Waals surface area contributed by atoms with Crippen molar-refractivity contribution in [2.75, 3.05) is 19.1 Å². The predicted molar refractivity (Wildman–Crippen MR) is 88.6 cm³/mol. The van der Waals surface area contributed by atoms with Crippen molar-refractivity contribution < 1.29 is 9.47 Å². The van der Waals surface area contributed by atoms with Crippen LogP contribution in [0.1, 0.15) is 31.7 Å². The Labute approximate surface area is 135 Å². The Kier molecular flexibility index (Phi) is 5.83. The highest BCUT2D eigenvalue weighted by molar-refractivity contribution is 7.71. The molecule has 120 valence electrons. The van der Waals surface area contributed by atoms with Crippen LogP contribution in [0.5, 0.6) is 11.5 Å². The number of nitrogens with one attached hydrogen (secondary N) is 2. The van der Waals surface area contributed by atoms with Crippen molar-refractivity contribution >= 4 is 12.2 Å². The number of hydrogen-bond donors (Lipinski definition) is 2. The summed E-state index contributed by atoms with van der Waals surface area (Å²) in [6, 6.07) is 5.91. The Balaban J connectivity index is 2.10. The van der Waals surface area contributed by atoms with Gasteiger partial charge in [0, 0.05) is 6.42 Å². The van der Waals surface area contributed by atoms with E-state index >= 15 is 0 Å². The smallest absolute Gasteiger partial charge is 0.214 e. The van der Waals surface area contributed by atoms with Crippen molar-refractivity contribution in [3.8, 4) is 11.5 Å². The van der Waals surface area contributed by atoms with Crippen LogP contribution in [0, 0.1) is 4.77 Å². The molecule has 0 amide bonds. The molecule has 0 atom stereocenters. The zero-order chi connectivity index (χ0) is 15.9. The number of methoxy groups -OCH3 is 1. The van der Waals surface area contributed by atoms with Crippen LogP contribution in [0.3, 0.4) is 0 Å². The highest BCUT2D eigenvalue weighted by Gasteiger charge is 2.07. The Morgan fingerprint density at radius 1 is 1.32 bits per heavy atom. The summed E-state index contributed by atoms with van der Waals surface area (Å²) in [6.45, 7) is 5.40. The Hall–Kier alpha value is -2.02. The quantitative estimate of drug-likeness (QED) is 0.731. The number of aromatic amines is 1. The van der Waals surface area contributed by atoms with E-state index < -0.39 is 0 Å². The van der Waals surface area contributed by atoms with Crippen LogP contribution < -0.4 is 14.9 Å². The maximum Gasteiger partial charge on any atom is 0.214 e. The van der Waals surface area contributed by atoms with E-state index in [2.05, 4.69) is 22.5 Å². The third kappa shape index (κ3) is 3.79. The molecule has 0 radical (unpaired) electrons. The van der Waals surface area contributed by atoms with Gasteiger partial charge in [-0.25, -0.2) is 4.68 Å². The van der Waals surface area contributed by atoms with E-state index in [1.807, 2.05) is 25.1 Å². The molecule has 0 saturated carbocycles. The number of aromatic nitrogens is 3. The van der Waals surface area contributed by atoms with Gasteiger partial charge in [-0.2, -0.15) is 5.10 Å². The number of hydrogen-bond acceptors (Lipinski definition) is 5. The molecule has 0 unspecified atom stereocenters. The molecule has 2 aromatic rings. The van der Waals surface area contributed by atoms with Gasteiger partial charge in [0.05, 0.1) is 20.3 Å². The molecule has 0 aliphatic heterocycles. The fourth-order valence-electron chi connectivity index (χ4n) is 2.05. The van der Waals surface area contributed by atoms with Crippen molar-refractivity contribution in [3.63, 3.8) is 0 Å². The first kappa shape index (κ1) is 16.4. The Morgan fingerprint density at radius 2 is 2.14 bits per heavy atom. The van der Waals surface area contributed by atoms with Crippen molar-refractivity contribution in [2.24, 2.45) is 0 Å². The van der Waals surface area contributed by atoms with Crippen molar-refractivity contribution in [1.29, 1.82) is 0 Å². The average molecular weight is 322 g/mol. The summed E-state index contributed by atoms with van der Waals surface area (Å²) in [5.74, 6) is 2.38. The molecule has 1 aromatic heterocycles. The average Bonchev–Trinajstić information content (AvgIpc) is 2.91. The SMILES string of the molecule is CCCOc1ccc(CNn2c(CC)n[nH]c2=S)cc1OC. The fourth-order valence-corrected chi connectivity index (χ4v) is 2.27. The van der Waals surface area contributed by atoms with E-state index in [0.29, 0.717) is 17.9 Å². The maximum absolute atomic E-state index is 5.66. The van der Waals surface area contributed by atoms with Gasteiger partial charge in [-0.05, 0) is 36.3 Å². The third-order valence-electron chi connectivity index (χ3n) is 3.19. The Bertz CT molecular complexity index is 666. The summed E-state index contributed by atoms with van der Waals surface area (Å²) in [7, 11) is 1.65. The van der Waals surface area contributed by atoms with E-state index in [4.69, 9.17) is 21.7 Å². The molecular weight excluding hydrogens is 300 g/mol. The first-order chi connectivity index (χ1) is 10.7. The Morgan fingerprint density at radius 3 is 2.82 bits per heavy atom. The summed E-state index contributed by atoms with van der Waals surface area (Å²) < 4.78 is 13.4. The van der Waals surface area contributed by atoms with Crippen LogP contribution >= 0.6 is 12.2 Å². The summed E-state index contributed by atoms with van der Waals surface area (Å²) in [6.07, 6.45) is 1.76. The van der Waals surface area contributed by atoms with Crippen LogP contribution in [-0.4, -0.2) is 28.6 Å². The topological polar surface area (TPSA) is 64.1 Å². The highest BCUT2D eigenvalue weighted by atomic mass is 32.1. The van der Waals surface area contributed by atoms with Crippen LogP contribution in [-0.2, 0) is 13.0 Å². The molecule has 1 heterocycles. The van der Waals surface area contributed by atoms with Gasteiger partial charge < -0.3 is 14.9 Å². The lowest BCUT2D eigenvalue weighted by Crippen LogP contribution is -2.17. The summed E-state index contributed by atoms with van der Waals surface area (Å²) in [4.78, 5) is 0. The number of ether oxygens (including phenoxy) is 2. The molecule has 1 aromatic carbocycles. The monoisotopic (exact) mass is 322 g/mol. The molecule has 0 aliphatic carbocycles. The minimum atomic E-state index is 0.562. The van der Waals surface area contributed by atoms with E-state index in [9.17, 15) is 0 Å². The van der Waals surface area contributed by atoms with Gasteiger partial charge >= 0.3 is 0 Å². The van der Waals surface area contributed by atoms with Gasteiger partial charge in [0.15, 0.2) is 17.3 Å². The van der Waals surface area contributed by atoms with Crippen molar-refractivity contribution in [3.05, 3.63) is 34.4 Å². The van der Waals surface area contributed by atoms with Crippen LogP contribution in [0.15, 0.2) is 18.2 Å². The lowest BCUT2D eigenvalue weighted by Gasteiger charge is -2.13. The van der Waals surface area contributed by atoms with Crippen LogP contribution in [0.25, 0.3) is 0 Å². The predicted octanol–water partition coefficient (Wildman–Crippen LogP) is 3.04. The molecule has 0 fully saturated rings. The highest BCUT2D eigenvalue weighted by Crippen LogP contribution is 2.28. The molecule has 0 saturated heterocycles. The van der Waals surface area contributed by atoms with E-state index in [1.54, 1.807) is 11.8 Å². The van der Waals surface area contributed by atoms with Gasteiger partial charge in [0.2, 0.25) is 4.77 Å². The minimum Gasteiger partial charge on any atom is -0.493 e. The second-order valence-corrected chi connectivity index (χ2v) is 5.19. The van der Waals surface area contributed by atoms with Gasteiger partial charge in [0.1, 0.15) is 0 Å². The second kappa shape index (κ2) is 7.84. The normalized spacial score (nSPS) is 10.5. The number of nitrogens with zero attached hydrogens (tertiary/aromatic N) is 2. The number of H-pyrrole nitrogens is 1. The first-order valence-corrected chi connectivity index (χ1v) is 7.80. The largest absolute Gasteiger partial charge is 0.493 e. The summed E-state index contributed by atoms with van der Waals surface area (Å²) in [5, 5.41) is 6.95. The van der Waals surface area contributed by atoms with E-state index in [1.165, 1.54) is 0 Å². The molecule has 0 bridgehead atoms. The molecule has 2 rings (SSSR count). The van der Waals surface area contributed by atoms with Gasteiger partial charge in [0.25, 0.3) is 0 Å². The van der Waals surface area contributed by atoms with Crippen LogP contribution in [0.4, 0.5) is 0 Å². The van der Waals surface area contributed by atoms with Crippen molar-refractivity contribution in [1.82, 2.24) is 14.9 Å². The molecule has 0 spiro atoms. The van der Waals surface area contributed by atoms with E-state index in [0.717, 1.165) is 35.7 Å². The fraction of sp³-hybridized carbons (Fsp3) is 0.467. The molecule has 22 heavy (non-hydrogen) atoms. The van der Waals surface area contributed by atoms with Gasteiger partial charge in [-0.1, -0.05) is 19.9 Å². The van der Waals surface area contributed by atoms with E-state index in [-0.39, 0.29) is 0 Å². The second-order valence-electron chi connectivity index (χ2n) is 4.80. The zero-order valence-corrected chi connectivity index (χ0v) is 14.0. The zero-order valence-electron chi connectivity index (χ0n) is 13.2. The summed E-state index contributed by atoms with van der Waals surface area (Å²) >= 11 is 5.21. The lowest BCUT2D eigenvalue weighted by atomic mass is 10.2.